The van der Waals surface area contributed by atoms with Crippen molar-refractivity contribution in [2.45, 2.75) is 46.1 Å². The molecule has 0 aliphatic heterocycles. The number of hydrogen-bond donors (Lipinski definition) is 0. The molecule has 0 heterocycles. The van der Waals surface area contributed by atoms with Crippen molar-refractivity contribution in [3.05, 3.63) is 12.2 Å². The Morgan fingerprint density at radius 3 is 2.50 bits per heavy atom. The van der Waals surface area contributed by atoms with Gasteiger partial charge in [-0.2, -0.15) is 0 Å². The molecule has 1 unspecified atom stereocenters. The van der Waals surface area contributed by atoms with Crippen molar-refractivity contribution in [1.29, 1.82) is 0 Å². The van der Waals surface area contributed by atoms with Gasteiger partial charge >= 0.3 is 0 Å². The molecule has 0 aromatic heterocycles. The molecule has 0 fully saturated rings. The maximum absolute atomic E-state index is 5.60. The van der Waals surface area contributed by atoms with E-state index in [0.29, 0.717) is 11.9 Å². The van der Waals surface area contributed by atoms with Crippen LogP contribution in [0.25, 0.3) is 0 Å². The first-order valence-corrected chi connectivity index (χ1v) is 6.24. The van der Waals surface area contributed by atoms with Crippen LogP contribution >= 0.6 is 11.6 Å². The Bertz CT molecular complexity index is 145. The molecule has 0 rings (SSSR count). The van der Waals surface area contributed by atoms with Crippen molar-refractivity contribution in [3.8, 4) is 0 Å². The summed E-state index contributed by atoms with van der Waals surface area (Å²) in [6.07, 6.45) is 7.99. The molecule has 0 aromatic rings. The van der Waals surface area contributed by atoms with E-state index in [9.17, 15) is 0 Å². The summed E-state index contributed by atoms with van der Waals surface area (Å²) in [4.78, 5) is 2.52. The lowest BCUT2D eigenvalue weighted by molar-refractivity contribution is 0.223. The minimum Gasteiger partial charge on any atom is -0.297 e. The number of unbranched alkanes of at least 4 members (excludes halogenated alkanes) is 1. The largest absolute Gasteiger partial charge is 0.297 e. The molecule has 0 saturated heterocycles. The van der Waals surface area contributed by atoms with Crippen LogP contribution < -0.4 is 0 Å². The molecule has 0 aromatic carbocycles. The Hall–Kier alpha value is -0.0100. The van der Waals surface area contributed by atoms with Gasteiger partial charge in [-0.25, -0.2) is 0 Å². The molecule has 0 bridgehead atoms. The summed E-state index contributed by atoms with van der Waals surface area (Å²) in [7, 11) is 0. The van der Waals surface area contributed by atoms with E-state index in [1.165, 1.54) is 25.8 Å². The highest BCUT2D eigenvalue weighted by molar-refractivity contribution is 6.18. The first-order chi connectivity index (χ1) is 6.76. The Balaban J connectivity index is 3.89. The highest BCUT2D eigenvalue weighted by Crippen LogP contribution is 2.05. The number of hydrogen-bond acceptors (Lipinski definition) is 1. The maximum atomic E-state index is 5.60. The lowest BCUT2D eigenvalue weighted by Crippen LogP contribution is -2.33. The monoisotopic (exact) mass is 217 g/mol. The third-order valence-electron chi connectivity index (χ3n) is 2.61. The molecular weight excluding hydrogens is 194 g/mol. The standard InChI is InChI=1S/C12H24ClN/c1-4-6-10-14(12(3)5-2)11-8-7-9-13/h7-8,12H,4-6,9-11H2,1-3H3. The Morgan fingerprint density at radius 1 is 1.29 bits per heavy atom. The fourth-order valence-corrected chi connectivity index (χ4v) is 1.51. The van der Waals surface area contributed by atoms with E-state index in [1.54, 1.807) is 0 Å². The molecule has 84 valence electrons. The first-order valence-electron chi connectivity index (χ1n) is 5.71. The van der Waals surface area contributed by atoms with Gasteiger partial charge in [0.1, 0.15) is 0 Å². The summed E-state index contributed by atoms with van der Waals surface area (Å²) in [5, 5.41) is 0. The van der Waals surface area contributed by atoms with Crippen LogP contribution in [0.15, 0.2) is 12.2 Å². The zero-order valence-corrected chi connectivity index (χ0v) is 10.6. The lowest BCUT2D eigenvalue weighted by Gasteiger charge is -2.26. The van der Waals surface area contributed by atoms with E-state index in [0.717, 1.165) is 6.54 Å². The highest BCUT2D eigenvalue weighted by Gasteiger charge is 2.08. The molecule has 0 radical (unpaired) electrons. The fourth-order valence-electron chi connectivity index (χ4n) is 1.38. The second-order valence-corrected chi connectivity index (χ2v) is 4.04. The van der Waals surface area contributed by atoms with Crippen LogP contribution in [0.5, 0.6) is 0 Å². The Morgan fingerprint density at radius 2 is 2.00 bits per heavy atom. The quantitative estimate of drug-likeness (QED) is 0.443. The topological polar surface area (TPSA) is 3.24 Å². The van der Waals surface area contributed by atoms with Crippen LogP contribution in [0.3, 0.4) is 0 Å². The van der Waals surface area contributed by atoms with Gasteiger partial charge in [-0.15, -0.1) is 11.6 Å². The smallest absolute Gasteiger partial charge is 0.0404 e. The van der Waals surface area contributed by atoms with E-state index in [4.69, 9.17) is 11.6 Å². The number of alkyl halides is 1. The highest BCUT2D eigenvalue weighted by atomic mass is 35.5. The van der Waals surface area contributed by atoms with Crippen molar-refractivity contribution in [1.82, 2.24) is 4.90 Å². The van der Waals surface area contributed by atoms with E-state index >= 15 is 0 Å². The van der Waals surface area contributed by atoms with Gasteiger partial charge in [-0.3, -0.25) is 4.90 Å². The van der Waals surface area contributed by atoms with E-state index < -0.39 is 0 Å². The van der Waals surface area contributed by atoms with Gasteiger partial charge in [0.25, 0.3) is 0 Å². The van der Waals surface area contributed by atoms with Gasteiger partial charge in [0.05, 0.1) is 0 Å². The zero-order chi connectivity index (χ0) is 10.8. The van der Waals surface area contributed by atoms with Crippen LogP contribution in [-0.4, -0.2) is 29.9 Å². The van der Waals surface area contributed by atoms with E-state index in [1.807, 2.05) is 6.08 Å². The average Bonchev–Trinajstić information content (AvgIpc) is 2.22. The van der Waals surface area contributed by atoms with Crippen molar-refractivity contribution in [3.63, 3.8) is 0 Å². The first kappa shape index (κ1) is 14.0. The molecule has 1 atom stereocenters. The predicted molar refractivity (Wildman–Crippen MR) is 66.1 cm³/mol. The van der Waals surface area contributed by atoms with Crippen LogP contribution in [0.2, 0.25) is 0 Å². The SMILES string of the molecule is CCCCN(CC=CCCl)C(C)CC. The Kier molecular flexibility index (Phi) is 9.53. The summed E-state index contributed by atoms with van der Waals surface area (Å²) >= 11 is 5.60. The minimum absolute atomic E-state index is 0.627. The molecule has 0 spiro atoms. The number of rotatable bonds is 8. The maximum Gasteiger partial charge on any atom is 0.0404 e. The lowest BCUT2D eigenvalue weighted by atomic mass is 10.2. The summed E-state index contributed by atoms with van der Waals surface area (Å²) in [5.74, 6) is 0.627. The molecule has 0 N–H and O–H groups in total. The van der Waals surface area contributed by atoms with Gasteiger partial charge in [0, 0.05) is 18.5 Å². The van der Waals surface area contributed by atoms with Gasteiger partial charge in [0.15, 0.2) is 0 Å². The summed E-state index contributed by atoms with van der Waals surface area (Å²) in [6.45, 7) is 9.03. The molecule has 0 aliphatic carbocycles. The van der Waals surface area contributed by atoms with Crippen LogP contribution in [0.4, 0.5) is 0 Å². The molecule has 0 saturated carbocycles. The van der Waals surface area contributed by atoms with Gasteiger partial charge < -0.3 is 0 Å². The molecule has 2 heteroatoms. The van der Waals surface area contributed by atoms with Crippen molar-refractivity contribution >= 4 is 11.6 Å². The minimum atomic E-state index is 0.627. The number of nitrogens with zero attached hydrogens (tertiary/aromatic N) is 1. The number of allylic oxidation sites excluding steroid dienone is 1. The average molecular weight is 218 g/mol. The van der Waals surface area contributed by atoms with Gasteiger partial charge in [0.2, 0.25) is 0 Å². The normalized spacial score (nSPS) is 14.1. The Labute approximate surface area is 94.1 Å². The van der Waals surface area contributed by atoms with Gasteiger partial charge in [-0.1, -0.05) is 32.4 Å². The third kappa shape index (κ3) is 6.44. The predicted octanol–water partition coefficient (Wildman–Crippen LogP) is 3.68. The van der Waals surface area contributed by atoms with Gasteiger partial charge in [-0.05, 0) is 26.3 Å². The zero-order valence-electron chi connectivity index (χ0n) is 9.80. The second-order valence-electron chi connectivity index (χ2n) is 3.73. The van der Waals surface area contributed by atoms with Crippen LogP contribution in [-0.2, 0) is 0 Å². The molecule has 1 nitrogen and oxygen atoms in total. The van der Waals surface area contributed by atoms with E-state index in [2.05, 4.69) is 31.7 Å². The van der Waals surface area contributed by atoms with Crippen molar-refractivity contribution in [2.75, 3.05) is 19.0 Å². The second kappa shape index (κ2) is 9.54. The number of halogens is 1. The van der Waals surface area contributed by atoms with Crippen LogP contribution in [0, 0.1) is 0 Å². The molecule has 0 amide bonds. The van der Waals surface area contributed by atoms with E-state index in [-0.39, 0.29) is 0 Å². The molecule has 14 heavy (non-hydrogen) atoms. The molecular formula is C12H24ClN. The third-order valence-corrected chi connectivity index (χ3v) is 2.79. The summed E-state index contributed by atoms with van der Waals surface area (Å²) in [6, 6.07) is 0.682. The summed E-state index contributed by atoms with van der Waals surface area (Å²) < 4.78 is 0. The van der Waals surface area contributed by atoms with Crippen molar-refractivity contribution in [2.24, 2.45) is 0 Å². The van der Waals surface area contributed by atoms with Crippen molar-refractivity contribution < 1.29 is 0 Å². The fraction of sp³-hybridized carbons (Fsp3) is 0.833. The van der Waals surface area contributed by atoms with Crippen LogP contribution in [0.1, 0.15) is 40.0 Å². The summed E-state index contributed by atoms with van der Waals surface area (Å²) in [5.41, 5.74) is 0. The molecule has 0 aliphatic rings.